The minimum atomic E-state index is -0.532. The molecule has 0 aromatic heterocycles. The molecule has 0 spiro atoms. The summed E-state index contributed by atoms with van der Waals surface area (Å²) in [5.41, 5.74) is 0.594. The smallest absolute Gasteiger partial charge is 0.327 e. The Morgan fingerprint density at radius 1 is 1.43 bits per heavy atom. The van der Waals surface area contributed by atoms with Gasteiger partial charge < -0.3 is 4.74 Å². The van der Waals surface area contributed by atoms with Gasteiger partial charge in [-0.15, -0.1) is 0 Å². The molecule has 1 aliphatic rings. The van der Waals surface area contributed by atoms with Crippen molar-refractivity contribution in [1.29, 1.82) is 0 Å². The number of nitrogens with one attached hydrogen (secondary N) is 1. The third-order valence-corrected chi connectivity index (χ3v) is 2.68. The van der Waals surface area contributed by atoms with E-state index in [1.807, 2.05) is 37.3 Å². The van der Waals surface area contributed by atoms with Gasteiger partial charge in [-0.25, -0.2) is 4.79 Å². The van der Waals surface area contributed by atoms with Gasteiger partial charge in [0.05, 0.1) is 13.2 Å². The molecule has 0 saturated carbocycles. The number of rotatable bonds is 2. The highest BCUT2D eigenvalue weighted by atomic mass is 16.5. The summed E-state index contributed by atoms with van der Waals surface area (Å²) in [5, 5.41) is 3.14. The standard InChI is InChI=1S/C11H13NO2/c1-11(10(13)14-2)9(12-11)8-6-4-3-5-7-8/h3-7,9,12H,1-2H3/t9-,11+/m0/s1. The zero-order valence-corrected chi connectivity index (χ0v) is 8.28. The van der Waals surface area contributed by atoms with Gasteiger partial charge in [-0.2, -0.15) is 0 Å². The zero-order valence-electron chi connectivity index (χ0n) is 8.28. The molecule has 0 bridgehead atoms. The van der Waals surface area contributed by atoms with Crippen LogP contribution < -0.4 is 5.32 Å². The number of hydrogen-bond acceptors (Lipinski definition) is 3. The van der Waals surface area contributed by atoms with Gasteiger partial charge in [0.1, 0.15) is 5.54 Å². The van der Waals surface area contributed by atoms with Crippen LogP contribution in [0.4, 0.5) is 0 Å². The predicted molar refractivity (Wildman–Crippen MR) is 52.7 cm³/mol. The lowest BCUT2D eigenvalue weighted by molar-refractivity contribution is -0.143. The van der Waals surface area contributed by atoms with Gasteiger partial charge in [0.25, 0.3) is 0 Å². The fourth-order valence-corrected chi connectivity index (χ4v) is 1.71. The number of ether oxygens (including phenoxy) is 1. The molecule has 2 atom stereocenters. The molecule has 1 fully saturated rings. The molecule has 2 rings (SSSR count). The summed E-state index contributed by atoms with van der Waals surface area (Å²) < 4.78 is 4.73. The number of carbonyl (C=O) groups excluding carboxylic acids is 1. The van der Waals surface area contributed by atoms with Gasteiger partial charge in [-0.3, -0.25) is 5.32 Å². The molecule has 1 aromatic rings. The summed E-state index contributed by atoms with van der Waals surface area (Å²) in [4.78, 5) is 11.4. The van der Waals surface area contributed by atoms with Crippen molar-refractivity contribution in [3.05, 3.63) is 35.9 Å². The van der Waals surface area contributed by atoms with Crippen molar-refractivity contribution in [1.82, 2.24) is 5.32 Å². The lowest BCUT2D eigenvalue weighted by Gasteiger charge is -2.05. The van der Waals surface area contributed by atoms with Crippen molar-refractivity contribution < 1.29 is 9.53 Å². The quantitative estimate of drug-likeness (QED) is 0.565. The van der Waals surface area contributed by atoms with E-state index in [2.05, 4.69) is 5.32 Å². The molecule has 0 amide bonds. The molecule has 0 unspecified atom stereocenters. The second-order valence-electron chi connectivity index (χ2n) is 3.68. The van der Waals surface area contributed by atoms with Crippen LogP contribution in [0.3, 0.4) is 0 Å². The third-order valence-electron chi connectivity index (χ3n) is 2.68. The molecule has 74 valence electrons. The van der Waals surface area contributed by atoms with E-state index in [0.717, 1.165) is 5.56 Å². The highest BCUT2D eigenvalue weighted by Crippen LogP contribution is 2.40. The fraction of sp³-hybridized carbons (Fsp3) is 0.364. The van der Waals surface area contributed by atoms with E-state index >= 15 is 0 Å². The van der Waals surface area contributed by atoms with Gasteiger partial charge in [0, 0.05) is 0 Å². The molecule has 1 aliphatic heterocycles. The van der Waals surface area contributed by atoms with Crippen LogP contribution in [0.25, 0.3) is 0 Å². The molecule has 0 aliphatic carbocycles. The number of carbonyl (C=O) groups is 1. The first kappa shape index (κ1) is 9.21. The van der Waals surface area contributed by atoms with E-state index in [1.165, 1.54) is 7.11 Å². The van der Waals surface area contributed by atoms with E-state index in [0.29, 0.717) is 0 Å². The summed E-state index contributed by atoms with van der Waals surface area (Å²) in [7, 11) is 1.41. The van der Waals surface area contributed by atoms with Crippen LogP contribution in [0, 0.1) is 0 Å². The van der Waals surface area contributed by atoms with Crippen LogP contribution in [0.5, 0.6) is 0 Å². The van der Waals surface area contributed by atoms with Gasteiger partial charge >= 0.3 is 5.97 Å². The monoisotopic (exact) mass is 191 g/mol. The van der Waals surface area contributed by atoms with E-state index in [4.69, 9.17) is 4.74 Å². The molecule has 14 heavy (non-hydrogen) atoms. The molecule has 3 heteroatoms. The minimum absolute atomic E-state index is 0.0937. The highest BCUT2D eigenvalue weighted by Gasteiger charge is 2.57. The van der Waals surface area contributed by atoms with Crippen LogP contribution in [-0.2, 0) is 9.53 Å². The van der Waals surface area contributed by atoms with Crippen LogP contribution in [0.15, 0.2) is 30.3 Å². The number of methoxy groups -OCH3 is 1. The summed E-state index contributed by atoms with van der Waals surface area (Å²) in [6.07, 6.45) is 0. The molecule has 1 heterocycles. The Bertz CT molecular complexity index is 350. The maximum absolute atomic E-state index is 11.4. The average molecular weight is 191 g/mol. The molecule has 0 radical (unpaired) electrons. The lowest BCUT2D eigenvalue weighted by Crippen LogP contribution is -2.25. The van der Waals surface area contributed by atoms with E-state index < -0.39 is 5.54 Å². The summed E-state index contributed by atoms with van der Waals surface area (Å²) in [6, 6.07) is 10.00. The van der Waals surface area contributed by atoms with Gasteiger partial charge in [0.2, 0.25) is 0 Å². The first-order valence-electron chi connectivity index (χ1n) is 4.59. The Hall–Kier alpha value is -1.35. The van der Waals surface area contributed by atoms with Crippen molar-refractivity contribution >= 4 is 5.97 Å². The zero-order chi connectivity index (χ0) is 10.2. The van der Waals surface area contributed by atoms with E-state index in [9.17, 15) is 4.79 Å². The molecule has 1 N–H and O–H groups in total. The van der Waals surface area contributed by atoms with E-state index in [-0.39, 0.29) is 12.0 Å². The van der Waals surface area contributed by atoms with Crippen LogP contribution >= 0.6 is 0 Å². The molecule has 1 saturated heterocycles. The molecular formula is C11H13NO2. The topological polar surface area (TPSA) is 48.2 Å². The Morgan fingerprint density at radius 2 is 2.07 bits per heavy atom. The van der Waals surface area contributed by atoms with Crippen molar-refractivity contribution in [2.75, 3.05) is 7.11 Å². The second kappa shape index (κ2) is 3.10. The predicted octanol–water partition coefficient (Wildman–Crippen LogP) is 1.26. The van der Waals surface area contributed by atoms with Crippen LogP contribution in [-0.4, -0.2) is 18.6 Å². The summed E-state index contributed by atoms with van der Waals surface area (Å²) in [5.74, 6) is -0.202. The SMILES string of the molecule is COC(=O)[C@]1(C)N[C@H]1c1ccccc1. The third kappa shape index (κ3) is 1.30. The van der Waals surface area contributed by atoms with Crippen LogP contribution in [0.2, 0.25) is 0 Å². The highest BCUT2D eigenvalue weighted by molar-refractivity contribution is 5.85. The van der Waals surface area contributed by atoms with Gasteiger partial charge in [-0.05, 0) is 12.5 Å². The number of hydrogen-bond donors (Lipinski definition) is 1. The first-order chi connectivity index (χ1) is 6.68. The largest absolute Gasteiger partial charge is 0.468 e. The van der Waals surface area contributed by atoms with Crippen molar-refractivity contribution in [2.24, 2.45) is 0 Å². The van der Waals surface area contributed by atoms with Crippen molar-refractivity contribution in [2.45, 2.75) is 18.5 Å². The Balaban J connectivity index is 2.16. The fourth-order valence-electron chi connectivity index (χ4n) is 1.71. The molecular weight excluding hydrogens is 178 g/mol. The van der Waals surface area contributed by atoms with Crippen molar-refractivity contribution in [3.63, 3.8) is 0 Å². The summed E-state index contributed by atoms with van der Waals surface area (Å²) in [6.45, 7) is 1.86. The summed E-state index contributed by atoms with van der Waals surface area (Å²) >= 11 is 0. The van der Waals surface area contributed by atoms with Gasteiger partial charge in [0.15, 0.2) is 0 Å². The Morgan fingerprint density at radius 3 is 2.64 bits per heavy atom. The number of benzene rings is 1. The normalized spacial score (nSPS) is 29.7. The Labute approximate surface area is 83.1 Å². The van der Waals surface area contributed by atoms with E-state index in [1.54, 1.807) is 0 Å². The maximum atomic E-state index is 11.4. The average Bonchev–Trinajstić information content (AvgIpc) is 2.92. The Kier molecular flexibility index (Phi) is 2.04. The van der Waals surface area contributed by atoms with Gasteiger partial charge in [-0.1, -0.05) is 30.3 Å². The lowest BCUT2D eigenvalue weighted by atomic mass is 10.0. The molecule has 1 aromatic carbocycles. The van der Waals surface area contributed by atoms with Crippen LogP contribution in [0.1, 0.15) is 18.5 Å². The van der Waals surface area contributed by atoms with Crippen molar-refractivity contribution in [3.8, 4) is 0 Å². The minimum Gasteiger partial charge on any atom is -0.468 e. The second-order valence-corrected chi connectivity index (χ2v) is 3.68. The maximum Gasteiger partial charge on any atom is 0.327 e. The first-order valence-corrected chi connectivity index (χ1v) is 4.59. The number of esters is 1. The molecule has 3 nitrogen and oxygen atoms in total.